The third kappa shape index (κ3) is 5.81. The highest BCUT2D eigenvalue weighted by atomic mass is 32.2. The van der Waals surface area contributed by atoms with Crippen LogP contribution in [0.2, 0.25) is 0 Å². The lowest BCUT2D eigenvalue weighted by molar-refractivity contribution is -0.689. The summed E-state index contributed by atoms with van der Waals surface area (Å²) in [7, 11) is 0. The van der Waals surface area contributed by atoms with Gasteiger partial charge in [0.15, 0.2) is 18.9 Å². The molecule has 0 aromatic carbocycles. The number of fused-ring (bicyclic) bond motifs is 1. The number of rotatable bonds is 10. The summed E-state index contributed by atoms with van der Waals surface area (Å²) in [6.07, 6.45) is 3.34. The summed E-state index contributed by atoms with van der Waals surface area (Å²) in [4.78, 5) is 59.4. The molecule has 2 aliphatic heterocycles. The Morgan fingerprint density at radius 2 is 2.15 bits per heavy atom. The number of aromatic nitrogens is 3. The number of anilines is 1. The van der Waals surface area contributed by atoms with Gasteiger partial charge in [-0.05, 0) is 26.8 Å². The molecule has 2 aromatic rings. The number of carboxylic acid groups (broad SMARTS) is 2. The lowest BCUT2D eigenvalue weighted by atomic mass is 10.0. The van der Waals surface area contributed by atoms with E-state index in [1.165, 1.54) is 25.6 Å². The van der Waals surface area contributed by atoms with Gasteiger partial charge in [-0.25, -0.2) is 9.36 Å². The largest absolute Gasteiger partial charge is 0.543 e. The van der Waals surface area contributed by atoms with E-state index in [0.717, 1.165) is 4.90 Å². The highest BCUT2D eigenvalue weighted by Gasteiger charge is 2.53. The van der Waals surface area contributed by atoms with Gasteiger partial charge in [-0.15, -0.1) is 11.8 Å². The van der Waals surface area contributed by atoms with Crippen LogP contribution in [0.15, 0.2) is 50.6 Å². The van der Waals surface area contributed by atoms with Crippen molar-refractivity contribution < 1.29 is 48.5 Å². The predicted molar refractivity (Wildman–Crippen MR) is 136 cm³/mol. The average Bonchev–Trinajstić information content (AvgIpc) is 3.36. The van der Waals surface area contributed by atoms with Crippen molar-refractivity contribution in [1.82, 2.24) is 20.4 Å². The first-order valence-corrected chi connectivity index (χ1v) is 12.8. The fraction of sp³-hybridized carbons (Fsp3) is 0.348. The van der Waals surface area contributed by atoms with E-state index in [9.17, 15) is 29.4 Å². The quantitative estimate of drug-likeness (QED) is 0.0759. The van der Waals surface area contributed by atoms with Crippen LogP contribution in [-0.2, 0) is 30.6 Å². The molecule has 18 heteroatoms. The van der Waals surface area contributed by atoms with E-state index in [0.29, 0.717) is 16.8 Å². The van der Waals surface area contributed by atoms with Crippen molar-refractivity contribution in [2.24, 2.45) is 10.3 Å². The van der Waals surface area contributed by atoms with Crippen LogP contribution in [0.25, 0.3) is 0 Å². The molecule has 1 saturated heterocycles. The second-order valence-corrected chi connectivity index (χ2v) is 10.5. The number of aliphatic carboxylic acids is 2. The summed E-state index contributed by atoms with van der Waals surface area (Å²) in [5.74, 6) is -4.94. The Bertz CT molecular complexity index is 1520. The normalized spacial score (nSPS) is 19.4. The van der Waals surface area contributed by atoms with E-state index < -0.39 is 58.3 Å². The molecule has 2 atom stereocenters. The van der Waals surface area contributed by atoms with Gasteiger partial charge in [0.25, 0.3) is 11.8 Å². The van der Waals surface area contributed by atoms with E-state index >= 15 is 0 Å². The molecule has 4 rings (SSSR count). The van der Waals surface area contributed by atoms with E-state index in [-0.39, 0.29) is 18.0 Å². The van der Waals surface area contributed by atoms with Crippen molar-refractivity contribution in [1.29, 1.82) is 0 Å². The van der Waals surface area contributed by atoms with Crippen LogP contribution in [0.3, 0.4) is 0 Å². The Kier molecular flexibility index (Phi) is 7.95. The number of nitrogen functional groups attached to an aromatic ring is 1. The Morgan fingerprint density at radius 3 is 2.76 bits per heavy atom. The Morgan fingerprint density at radius 1 is 1.41 bits per heavy atom. The molecule has 2 amide bonds. The third-order valence-corrected chi connectivity index (χ3v) is 7.42. The second kappa shape index (κ2) is 11.2. The number of nitrogens with one attached hydrogen (secondary N) is 1. The van der Waals surface area contributed by atoms with E-state index in [2.05, 4.69) is 30.3 Å². The number of nitrogens with two attached hydrogens (primary N) is 1. The van der Waals surface area contributed by atoms with E-state index in [1.807, 2.05) is 0 Å². The molecule has 2 aromatic heterocycles. The number of thioether (sulfide) groups is 1. The molecule has 1 fully saturated rings. The number of hydrogen-bond donors (Lipinski definition) is 4. The Labute approximate surface area is 235 Å². The van der Waals surface area contributed by atoms with Gasteiger partial charge in [0, 0.05) is 17.4 Å². The maximum atomic E-state index is 13.1. The van der Waals surface area contributed by atoms with Gasteiger partial charge < -0.3 is 40.6 Å². The SMILES string of the molecule is CC(=NO)c1ccc[n+](CC2=C(C(=O)[O-])N3C(=O)C(NC(=O)C(=NOC(C)(C)C(=O)O)c4noc(N)n4)[C@@H]3SC2)c1. The fourth-order valence-corrected chi connectivity index (χ4v) is 5.16. The number of oxime groups is 2. The van der Waals surface area contributed by atoms with E-state index in [1.54, 1.807) is 36.0 Å². The fourth-order valence-electron chi connectivity index (χ4n) is 3.83. The van der Waals surface area contributed by atoms with Crippen LogP contribution < -0.4 is 20.7 Å². The predicted octanol–water partition coefficient (Wildman–Crippen LogP) is -2.17. The molecule has 17 nitrogen and oxygen atoms in total. The van der Waals surface area contributed by atoms with Crippen LogP contribution in [0, 0.1) is 0 Å². The maximum Gasteiger partial charge on any atom is 0.350 e. The number of carboxylic acids is 2. The summed E-state index contributed by atoms with van der Waals surface area (Å²) in [5.41, 5.74) is 3.99. The molecule has 216 valence electrons. The standard InChI is InChI=1S/C23H24N8O9S/c1-10(27-38)11-5-4-6-30(7-11)8-12-9-41-19-14(18(33)31(19)15(12)20(34)35)25-17(32)13(16-26-22(24)39-29-16)28-40-23(2,3)21(36)37/h4-7,14,19H,8-9H2,1-3H3,(H5-,24,25,26,29,32,34,35,36,37,38)/t14?,19-/m0/s1. The lowest BCUT2D eigenvalue weighted by Crippen LogP contribution is -2.71. The number of amides is 2. The zero-order valence-electron chi connectivity index (χ0n) is 21.8. The summed E-state index contributed by atoms with van der Waals surface area (Å²) in [5, 5.41) is 42.3. The third-order valence-electron chi connectivity index (χ3n) is 6.08. The second-order valence-electron chi connectivity index (χ2n) is 9.35. The minimum Gasteiger partial charge on any atom is -0.543 e. The van der Waals surface area contributed by atoms with Crippen molar-refractivity contribution >= 4 is 53.0 Å². The van der Waals surface area contributed by atoms with Crippen molar-refractivity contribution in [2.75, 3.05) is 11.5 Å². The Hall–Kier alpha value is -5.00. The number of pyridine rings is 1. The highest BCUT2D eigenvalue weighted by Crippen LogP contribution is 2.40. The summed E-state index contributed by atoms with van der Waals surface area (Å²) in [6.45, 7) is 4.07. The molecular formula is C23H24N8O9S. The summed E-state index contributed by atoms with van der Waals surface area (Å²) >= 11 is 1.21. The van der Waals surface area contributed by atoms with Crippen LogP contribution in [-0.4, -0.2) is 83.3 Å². The first-order valence-electron chi connectivity index (χ1n) is 11.8. The minimum absolute atomic E-state index is 0.100. The van der Waals surface area contributed by atoms with Crippen LogP contribution in [0.1, 0.15) is 32.2 Å². The molecular weight excluding hydrogens is 564 g/mol. The number of carbonyl (C=O) groups is 4. The van der Waals surface area contributed by atoms with Crippen molar-refractivity contribution in [3.63, 3.8) is 0 Å². The van der Waals surface area contributed by atoms with Crippen LogP contribution >= 0.6 is 11.8 Å². The highest BCUT2D eigenvalue weighted by molar-refractivity contribution is 8.00. The molecule has 4 heterocycles. The van der Waals surface area contributed by atoms with Gasteiger partial charge in [-0.3, -0.25) is 14.5 Å². The van der Waals surface area contributed by atoms with Gasteiger partial charge in [0.2, 0.25) is 17.1 Å². The monoisotopic (exact) mass is 588 g/mol. The number of carbonyl (C=O) groups excluding carboxylic acids is 3. The molecule has 0 saturated carbocycles. The first-order chi connectivity index (χ1) is 19.3. The van der Waals surface area contributed by atoms with Crippen molar-refractivity contribution in [3.8, 4) is 0 Å². The molecule has 5 N–H and O–H groups in total. The smallest absolute Gasteiger partial charge is 0.350 e. The molecule has 41 heavy (non-hydrogen) atoms. The summed E-state index contributed by atoms with van der Waals surface area (Å²) in [6, 6.07) is 1.82. The minimum atomic E-state index is -1.84. The number of nitrogens with zero attached hydrogens (tertiary/aromatic N) is 6. The topological polar surface area (TPSA) is 250 Å². The van der Waals surface area contributed by atoms with Gasteiger partial charge >= 0.3 is 12.0 Å². The molecule has 1 unspecified atom stereocenters. The zero-order valence-corrected chi connectivity index (χ0v) is 22.6. The van der Waals surface area contributed by atoms with Crippen LogP contribution in [0.4, 0.5) is 6.01 Å². The van der Waals surface area contributed by atoms with E-state index in [4.69, 9.17) is 15.8 Å². The number of β-lactam (4-membered cyclic amide) rings is 1. The van der Waals surface area contributed by atoms with Gasteiger partial charge in [-0.1, -0.05) is 15.5 Å². The molecule has 0 spiro atoms. The molecule has 2 aliphatic rings. The first kappa shape index (κ1) is 29.0. The summed E-state index contributed by atoms with van der Waals surface area (Å²) < 4.78 is 6.33. The number of hydrogen-bond acceptors (Lipinski definition) is 14. The zero-order chi connectivity index (χ0) is 30.1. The van der Waals surface area contributed by atoms with Crippen LogP contribution in [0.5, 0.6) is 0 Å². The van der Waals surface area contributed by atoms with Gasteiger partial charge in [-0.2, -0.15) is 4.98 Å². The Balaban J connectivity index is 1.56. The molecule has 0 radical (unpaired) electrons. The van der Waals surface area contributed by atoms with Gasteiger partial charge in [0.1, 0.15) is 11.4 Å². The van der Waals surface area contributed by atoms with Crippen molar-refractivity contribution in [2.45, 2.75) is 44.3 Å². The molecule has 0 aliphatic carbocycles. The maximum absolute atomic E-state index is 13.1. The molecule has 0 bridgehead atoms. The van der Waals surface area contributed by atoms with Crippen molar-refractivity contribution in [3.05, 3.63) is 47.2 Å². The lowest BCUT2D eigenvalue weighted by Gasteiger charge is -2.50. The van der Waals surface area contributed by atoms with Gasteiger partial charge in [0.05, 0.1) is 22.9 Å². The average molecular weight is 589 g/mol.